The molecule has 0 N–H and O–H groups in total. The molecule has 1 unspecified atom stereocenters. The Kier molecular flexibility index (Phi) is 4.96. The number of aliphatic imine (C=N–C) groups is 1. The van der Waals surface area contributed by atoms with E-state index in [4.69, 9.17) is 4.99 Å². The van der Waals surface area contributed by atoms with E-state index >= 15 is 0 Å². The predicted molar refractivity (Wildman–Crippen MR) is 87.3 cm³/mol. The van der Waals surface area contributed by atoms with Crippen LogP contribution in [0.5, 0.6) is 0 Å². The van der Waals surface area contributed by atoms with E-state index in [1.54, 1.807) is 5.57 Å². The third-order valence-corrected chi connectivity index (χ3v) is 5.69. The van der Waals surface area contributed by atoms with Gasteiger partial charge in [-0.15, -0.1) is 0 Å². The fourth-order valence-electron chi connectivity index (χ4n) is 4.38. The van der Waals surface area contributed by atoms with E-state index in [0.29, 0.717) is 5.92 Å². The van der Waals surface area contributed by atoms with Crippen LogP contribution in [0.25, 0.3) is 0 Å². The van der Waals surface area contributed by atoms with Crippen molar-refractivity contribution >= 4 is 5.71 Å². The van der Waals surface area contributed by atoms with Gasteiger partial charge in [-0.2, -0.15) is 0 Å². The number of hydrogen-bond acceptors (Lipinski definition) is 1. The number of rotatable bonds is 3. The monoisotopic (exact) mass is 273 g/mol. The molecule has 3 rings (SSSR count). The first-order chi connectivity index (χ1) is 9.83. The molecule has 2 saturated carbocycles. The third kappa shape index (κ3) is 3.54. The van der Waals surface area contributed by atoms with Crippen molar-refractivity contribution in [1.82, 2.24) is 0 Å². The van der Waals surface area contributed by atoms with Crippen molar-refractivity contribution in [2.24, 2.45) is 22.7 Å². The van der Waals surface area contributed by atoms with Crippen molar-refractivity contribution in [3.8, 4) is 0 Å². The Morgan fingerprint density at radius 2 is 1.60 bits per heavy atom. The van der Waals surface area contributed by atoms with Crippen LogP contribution in [0.1, 0.15) is 77.6 Å². The second-order valence-corrected chi connectivity index (χ2v) is 7.42. The van der Waals surface area contributed by atoms with E-state index in [1.165, 1.54) is 76.3 Å². The fraction of sp³-hybridized carbons (Fsp3) is 0.842. The third-order valence-electron chi connectivity index (χ3n) is 5.69. The van der Waals surface area contributed by atoms with Gasteiger partial charge in [0.1, 0.15) is 0 Å². The van der Waals surface area contributed by atoms with Crippen molar-refractivity contribution < 1.29 is 0 Å². The molecule has 0 saturated heterocycles. The highest BCUT2D eigenvalue weighted by atomic mass is 14.8. The zero-order valence-corrected chi connectivity index (χ0v) is 13.2. The summed E-state index contributed by atoms with van der Waals surface area (Å²) in [5.74, 6) is 2.48. The van der Waals surface area contributed by atoms with Crippen LogP contribution in [0.2, 0.25) is 0 Å². The predicted octanol–water partition coefficient (Wildman–Crippen LogP) is 5.55. The second-order valence-electron chi connectivity index (χ2n) is 7.42. The van der Waals surface area contributed by atoms with E-state index in [9.17, 15) is 0 Å². The van der Waals surface area contributed by atoms with Gasteiger partial charge in [-0.1, -0.05) is 64.4 Å². The van der Waals surface area contributed by atoms with Gasteiger partial charge in [0.05, 0.1) is 0 Å². The maximum atomic E-state index is 4.91. The standard InChI is InChI=1S/C19H31N/c1-15-14-20-19(13-17-10-6-3-7-11-17)18(15)12-16-8-4-2-5-9-16/h12,15-17H,2-11,13-14H2,1H3/b18-12+. The molecular formula is C19H31N. The summed E-state index contributed by atoms with van der Waals surface area (Å²) >= 11 is 0. The first kappa shape index (κ1) is 14.4. The zero-order chi connectivity index (χ0) is 13.8. The lowest BCUT2D eigenvalue weighted by atomic mass is 9.81. The van der Waals surface area contributed by atoms with E-state index < -0.39 is 0 Å². The molecule has 0 aromatic carbocycles. The fourth-order valence-corrected chi connectivity index (χ4v) is 4.38. The molecule has 20 heavy (non-hydrogen) atoms. The van der Waals surface area contributed by atoms with Crippen molar-refractivity contribution in [3.05, 3.63) is 11.6 Å². The van der Waals surface area contributed by atoms with Crippen molar-refractivity contribution in [1.29, 1.82) is 0 Å². The molecule has 0 aromatic heterocycles. The number of hydrogen-bond donors (Lipinski definition) is 0. The molecule has 1 aliphatic heterocycles. The summed E-state index contributed by atoms with van der Waals surface area (Å²) in [4.78, 5) is 4.91. The van der Waals surface area contributed by atoms with Crippen LogP contribution in [-0.4, -0.2) is 12.3 Å². The van der Waals surface area contributed by atoms with Gasteiger partial charge in [-0.25, -0.2) is 0 Å². The average Bonchev–Trinajstić information content (AvgIpc) is 2.83. The summed E-state index contributed by atoms with van der Waals surface area (Å²) in [6.07, 6.45) is 18.4. The number of nitrogens with zero attached hydrogens (tertiary/aromatic N) is 1. The van der Waals surface area contributed by atoms with Crippen LogP contribution in [-0.2, 0) is 0 Å². The first-order valence-electron chi connectivity index (χ1n) is 9.08. The van der Waals surface area contributed by atoms with Gasteiger partial charge in [0, 0.05) is 18.2 Å². The molecule has 2 fully saturated rings. The minimum absolute atomic E-state index is 0.690. The Balaban J connectivity index is 1.64. The Bertz CT molecular complexity index is 367. The van der Waals surface area contributed by atoms with Gasteiger partial charge in [0.2, 0.25) is 0 Å². The van der Waals surface area contributed by atoms with E-state index in [-0.39, 0.29) is 0 Å². The highest BCUT2D eigenvalue weighted by Gasteiger charge is 2.26. The van der Waals surface area contributed by atoms with Crippen LogP contribution in [0, 0.1) is 17.8 Å². The topological polar surface area (TPSA) is 12.4 Å². The summed E-state index contributed by atoms with van der Waals surface area (Å²) in [5.41, 5.74) is 3.14. The van der Waals surface area contributed by atoms with E-state index in [2.05, 4.69) is 13.0 Å². The lowest BCUT2D eigenvalue weighted by Crippen LogP contribution is -2.15. The van der Waals surface area contributed by atoms with Crippen LogP contribution in [0.15, 0.2) is 16.6 Å². The van der Waals surface area contributed by atoms with Gasteiger partial charge in [-0.05, 0) is 36.7 Å². The van der Waals surface area contributed by atoms with Gasteiger partial charge < -0.3 is 0 Å². The molecular weight excluding hydrogens is 242 g/mol. The van der Waals surface area contributed by atoms with E-state index in [0.717, 1.165) is 18.4 Å². The minimum atomic E-state index is 0.690. The smallest absolute Gasteiger partial charge is 0.0459 e. The first-order valence-corrected chi connectivity index (χ1v) is 9.08. The van der Waals surface area contributed by atoms with Crippen LogP contribution >= 0.6 is 0 Å². The van der Waals surface area contributed by atoms with Crippen LogP contribution < -0.4 is 0 Å². The minimum Gasteiger partial charge on any atom is -0.289 e. The summed E-state index contributed by atoms with van der Waals surface area (Å²) in [6, 6.07) is 0. The molecule has 0 aromatic rings. The molecule has 0 radical (unpaired) electrons. The molecule has 1 heteroatoms. The lowest BCUT2D eigenvalue weighted by Gasteiger charge is -2.24. The lowest BCUT2D eigenvalue weighted by molar-refractivity contribution is 0.368. The summed E-state index contributed by atoms with van der Waals surface area (Å²) < 4.78 is 0. The molecule has 0 amide bonds. The van der Waals surface area contributed by atoms with E-state index in [1.807, 2.05) is 0 Å². The highest BCUT2D eigenvalue weighted by molar-refractivity contribution is 6.02. The Morgan fingerprint density at radius 3 is 2.30 bits per heavy atom. The molecule has 0 bridgehead atoms. The van der Waals surface area contributed by atoms with Crippen molar-refractivity contribution in [2.45, 2.75) is 77.6 Å². The summed E-state index contributed by atoms with van der Waals surface area (Å²) in [7, 11) is 0. The van der Waals surface area contributed by atoms with Crippen molar-refractivity contribution in [2.75, 3.05) is 6.54 Å². The normalized spacial score (nSPS) is 31.8. The molecule has 1 heterocycles. The Morgan fingerprint density at radius 1 is 0.950 bits per heavy atom. The molecule has 0 spiro atoms. The summed E-state index contributed by atoms with van der Waals surface area (Å²) in [5, 5.41) is 0. The van der Waals surface area contributed by atoms with Gasteiger partial charge in [-0.3, -0.25) is 4.99 Å². The molecule has 2 aliphatic carbocycles. The summed E-state index contributed by atoms with van der Waals surface area (Å²) in [6.45, 7) is 3.44. The van der Waals surface area contributed by atoms with Gasteiger partial charge in [0.15, 0.2) is 0 Å². The molecule has 1 nitrogen and oxygen atoms in total. The maximum absolute atomic E-state index is 4.91. The Labute approximate surface area is 124 Å². The Hall–Kier alpha value is -0.590. The second kappa shape index (κ2) is 6.91. The van der Waals surface area contributed by atoms with Crippen LogP contribution in [0.3, 0.4) is 0 Å². The maximum Gasteiger partial charge on any atom is 0.0459 e. The highest BCUT2D eigenvalue weighted by Crippen LogP contribution is 2.34. The zero-order valence-electron chi connectivity index (χ0n) is 13.2. The molecule has 3 aliphatic rings. The van der Waals surface area contributed by atoms with Gasteiger partial charge in [0.25, 0.3) is 0 Å². The van der Waals surface area contributed by atoms with Crippen molar-refractivity contribution in [3.63, 3.8) is 0 Å². The van der Waals surface area contributed by atoms with Crippen LogP contribution in [0.4, 0.5) is 0 Å². The SMILES string of the molecule is CC1CN=C(CC2CCCCC2)/C1=C/C1CCCCC1. The number of allylic oxidation sites excluding steroid dienone is 1. The average molecular weight is 273 g/mol. The molecule has 112 valence electrons. The molecule has 1 atom stereocenters. The largest absolute Gasteiger partial charge is 0.289 e. The quantitative estimate of drug-likeness (QED) is 0.639. The van der Waals surface area contributed by atoms with Gasteiger partial charge >= 0.3 is 0 Å².